The van der Waals surface area contributed by atoms with Crippen LogP contribution in [0.3, 0.4) is 0 Å². The molecule has 0 saturated carbocycles. The van der Waals surface area contributed by atoms with Gasteiger partial charge in [-0.3, -0.25) is 9.59 Å². The van der Waals surface area contributed by atoms with Gasteiger partial charge in [0, 0.05) is 18.1 Å². The number of rotatable bonds is 3. The van der Waals surface area contributed by atoms with Crippen LogP contribution in [0.1, 0.15) is 12.5 Å². The standard InChI is InChI=1S/C14H17ClN2O3/c1-9-7-11(3-4-12(9)15)20-10(2)14(19)17-6-5-16-13(18)8-17/h3-4,7,10H,5-6,8H2,1-2H3,(H,16,18)/t10-/m1/s1. The quantitative estimate of drug-likeness (QED) is 0.916. The fourth-order valence-corrected chi connectivity index (χ4v) is 2.15. The zero-order valence-electron chi connectivity index (χ0n) is 11.5. The summed E-state index contributed by atoms with van der Waals surface area (Å²) < 4.78 is 5.62. The lowest BCUT2D eigenvalue weighted by Gasteiger charge is -2.29. The van der Waals surface area contributed by atoms with Crippen LogP contribution < -0.4 is 10.1 Å². The number of piperazine rings is 1. The highest BCUT2D eigenvalue weighted by Gasteiger charge is 2.26. The highest BCUT2D eigenvalue weighted by atomic mass is 35.5. The minimum absolute atomic E-state index is 0.0895. The molecule has 1 atom stereocenters. The molecular formula is C14H17ClN2O3. The van der Waals surface area contributed by atoms with Crippen molar-refractivity contribution in [3.05, 3.63) is 28.8 Å². The Hall–Kier alpha value is -1.75. The van der Waals surface area contributed by atoms with Gasteiger partial charge in [0.25, 0.3) is 5.91 Å². The van der Waals surface area contributed by atoms with Crippen LogP contribution in [0.5, 0.6) is 5.75 Å². The molecule has 1 aliphatic rings. The Morgan fingerprint density at radius 2 is 2.25 bits per heavy atom. The molecule has 0 radical (unpaired) electrons. The zero-order chi connectivity index (χ0) is 14.7. The van der Waals surface area contributed by atoms with Crippen LogP contribution in [-0.2, 0) is 9.59 Å². The van der Waals surface area contributed by atoms with E-state index < -0.39 is 6.10 Å². The predicted molar refractivity (Wildman–Crippen MR) is 75.9 cm³/mol. The highest BCUT2D eigenvalue weighted by molar-refractivity contribution is 6.31. The molecule has 6 heteroatoms. The number of carbonyl (C=O) groups is 2. The second-order valence-corrected chi connectivity index (χ2v) is 5.19. The lowest BCUT2D eigenvalue weighted by Crippen LogP contribution is -2.53. The summed E-state index contributed by atoms with van der Waals surface area (Å²) in [7, 11) is 0. The molecule has 1 saturated heterocycles. The van der Waals surface area contributed by atoms with Gasteiger partial charge in [0.2, 0.25) is 5.91 Å². The Kier molecular flexibility index (Phi) is 4.49. The molecule has 1 N–H and O–H groups in total. The Labute approximate surface area is 122 Å². The number of aryl methyl sites for hydroxylation is 1. The van der Waals surface area contributed by atoms with E-state index in [-0.39, 0.29) is 18.4 Å². The molecule has 1 aromatic rings. The van der Waals surface area contributed by atoms with Crippen molar-refractivity contribution in [1.29, 1.82) is 0 Å². The van der Waals surface area contributed by atoms with Gasteiger partial charge in [0.05, 0.1) is 6.54 Å². The molecule has 1 heterocycles. The SMILES string of the molecule is Cc1cc(O[C@H](C)C(=O)N2CCNC(=O)C2)ccc1Cl. The molecule has 20 heavy (non-hydrogen) atoms. The summed E-state index contributed by atoms with van der Waals surface area (Å²) in [5, 5.41) is 3.34. The molecule has 0 unspecified atom stereocenters. The molecule has 2 rings (SSSR count). The van der Waals surface area contributed by atoms with Crippen LogP contribution in [0.4, 0.5) is 0 Å². The van der Waals surface area contributed by atoms with E-state index in [2.05, 4.69) is 5.32 Å². The number of nitrogens with zero attached hydrogens (tertiary/aromatic N) is 1. The van der Waals surface area contributed by atoms with E-state index in [9.17, 15) is 9.59 Å². The molecule has 0 spiro atoms. The highest BCUT2D eigenvalue weighted by Crippen LogP contribution is 2.22. The summed E-state index contributed by atoms with van der Waals surface area (Å²) in [5.41, 5.74) is 0.890. The first-order valence-electron chi connectivity index (χ1n) is 6.45. The predicted octanol–water partition coefficient (Wildman–Crippen LogP) is 1.37. The molecule has 5 nitrogen and oxygen atoms in total. The van der Waals surface area contributed by atoms with Crippen molar-refractivity contribution in [3.63, 3.8) is 0 Å². The Balaban J connectivity index is 1.99. The van der Waals surface area contributed by atoms with Gasteiger partial charge in [-0.25, -0.2) is 0 Å². The zero-order valence-corrected chi connectivity index (χ0v) is 12.2. The summed E-state index contributed by atoms with van der Waals surface area (Å²) >= 11 is 5.94. The molecule has 1 aromatic carbocycles. The molecule has 0 aromatic heterocycles. The molecular weight excluding hydrogens is 280 g/mol. The molecule has 2 amide bonds. The van der Waals surface area contributed by atoms with Crippen LogP contribution in [0.25, 0.3) is 0 Å². The van der Waals surface area contributed by atoms with Crippen molar-refractivity contribution in [2.75, 3.05) is 19.6 Å². The summed E-state index contributed by atoms with van der Waals surface area (Å²) in [6.07, 6.45) is -0.638. The summed E-state index contributed by atoms with van der Waals surface area (Å²) in [6.45, 7) is 4.64. The van der Waals surface area contributed by atoms with Gasteiger partial charge < -0.3 is 15.0 Å². The smallest absolute Gasteiger partial charge is 0.263 e. The van der Waals surface area contributed by atoms with Gasteiger partial charge in [0.15, 0.2) is 6.10 Å². The van der Waals surface area contributed by atoms with Crippen molar-refractivity contribution in [2.45, 2.75) is 20.0 Å². The van der Waals surface area contributed by atoms with Gasteiger partial charge in [-0.15, -0.1) is 0 Å². The second-order valence-electron chi connectivity index (χ2n) is 4.78. The molecule has 1 fully saturated rings. The average Bonchev–Trinajstić information content (AvgIpc) is 2.42. The normalized spacial score (nSPS) is 16.6. The van der Waals surface area contributed by atoms with Gasteiger partial charge in [-0.1, -0.05) is 11.6 Å². The van der Waals surface area contributed by atoms with E-state index in [0.717, 1.165) is 5.56 Å². The molecule has 0 bridgehead atoms. The molecule has 1 aliphatic heterocycles. The van der Waals surface area contributed by atoms with Gasteiger partial charge >= 0.3 is 0 Å². The average molecular weight is 297 g/mol. The van der Waals surface area contributed by atoms with E-state index in [1.54, 1.807) is 25.1 Å². The number of ether oxygens (including phenoxy) is 1. The first-order valence-corrected chi connectivity index (χ1v) is 6.83. The van der Waals surface area contributed by atoms with Gasteiger partial charge in [-0.05, 0) is 37.6 Å². The Morgan fingerprint density at radius 1 is 1.50 bits per heavy atom. The topological polar surface area (TPSA) is 58.6 Å². The van der Waals surface area contributed by atoms with E-state index in [4.69, 9.17) is 16.3 Å². The van der Waals surface area contributed by atoms with E-state index >= 15 is 0 Å². The van der Waals surface area contributed by atoms with Crippen molar-refractivity contribution < 1.29 is 14.3 Å². The maximum absolute atomic E-state index is 12.2. The van der Waals surface area contributed by atoms with Gasteiger partial charge in [-0.2, -0.15) is 0 Å². The lowest BCUT2D eigenvalue weighted by atomic mass is 10.2. The number of halogens is 1. The third-order valence-electron chi connectivity index (χ3n) is 3.14. The van der Waals surface area contributed by atoms with Gasteiger partial charge in [0.1, 0.15) is 5.75 Å². The second kappa shape index (κ2) is 6.13. The van der Waals surface area contributed by atoms with Crippen molar-refractivity contribution in [1.82, 2.24) is 10.2 Å². The number of amides is 2. The number of hydrogen-bond donors (Lipinski definition) is 1. The number of hydrogen-bond acceptors (Lipinski definition) is 3. The van der Waals surface area contributed by atoms with E-state index in [1.165, 1.54) is 4.90 Å². The minimum Gasteiger partial charge on any atom is -0.481 e. The minimum atomic E-state index is -0.638. The third kappa shape index (κ3) is 3.42. The largest absolute Gasteiger partial charge is 0.481 e. The summed E-state index contributed by atoms with van der Waals surface area (Å²) in [4.78, 5) is 25.0. The number of nitrogens with one attached hydrogen (secondary N) is 1. The van der Waals surface area contributed by atoms with Crippen LogP contribution in [0.15, 0.2) is 18.2 Å². The van der Waals surface area contributed by atoms with Crippen LogP contribution in [0, 0.1) is 6.92 Å². The maximum Gasteiger partial charge on any atom is 0.263 e. The van der Waals surface area contributed by atoms with Crippen LogP contribution in [0.2, 0.25) is 5.02 Å². The van der Waals surface area contributed by atoms with E-state index in [1.807, 2.05) is 6.92 Å². The van der Waals surface area contributed by atoms with E-state index in [0.29, 0.717) is 23.9 Å². The lowest BCUT2D eigenvalue weighted by molar-refractivity contribution is -0.143. The van der Waals surface area contributed by atoms with Crippen molar-refractivity contribution in [3.8, 4) is 5.75 Å². The summed E-state index contributed by atoms with van der Waals surface area (Å²) in [5.74, 6) is 0.265. The summed E-state index contributed by atoms with van der Waals surface area (Å²) in [6, 6.07) is 5.24. The Morgan fingerprint density at radius 3 is 2.90 bits per heavy atom. The van der Waals surface area contributed by atoms with Crippen LogP contribution >= 0.6 is 11.6 Å². The monoisotopic (exact) mass is 296 g/mol. The number of benzene rings is 1. The first kappa shape index (κ1) is 14.7. The fourth-order valence-electron chi connectivity index (χ4n) is 2.03. The fraction of sp³-hybridized carbons (Fsp3) is 0.429. The van der Waals surface area contributed by atoms with Crippen molar-refractivity contribution in [2.24, 2.45) is 0 Å². The van der Waals surface area contributed by atoms with Crippen LogP contribution in [-0.4, -0.2) is 42.5 Å². The Bertz CT molecular complexity index is 533. The number of carbonyl (C=O) groups excluding carboxylic acids is 2. The first-order chi connectivity index (χ1) is 9.47. The maximum atomic E-state index is 12.2. The van der Waals surface area contributed by atoms with Crippen molar-refractivity contribution >= 4 is 23.4 Å². The molecule has 0 aliphatic carbocycles. The molecule has 108 valence electrons. The third-order valence-corrected chi connectivity index (χ3v) is 3.56.